The highest BCUT2D eigenvalue weighted by molar-refractivity contribution is 5.85. The molecule has 0 aromatic rings. The smallest absolute Gasteiger partial charge is 0.326 e. The number of carboxylic acids is 1. The fourth-order valence-electron chi connectivity index (χ4n) is 4.67. The van der Waals surface area contributed by atoms with Crippen molar-refractivity contribution in [3.05, 3.63) is 0 Å². The van der Waals surface area contributed by atoms with Crippen molar-refractivity contribution in [1.29, 1.82) is 0 Å². The third-order valence-corrected chi connectivity index (χ3v) is 7.63. The molecule has 0 radical (unpaired) electrons. The number of unbranched alkanes of at least 4 members (excludes halogenated alkanes) is 13. The van der Waals surface area contributed by atoms with Crippen LogP contribution in [0.4, 0.5) is 0 Å². The molecule has 0 saturated carbocycles. The number of aliphatic carboxylic acids is 1. The number of Topliss-reactive ketones (excluding diaryl/α,β-unsaturated/α-hetero) is 1. The molecule has 11 heteroatoms. The summed E-state index contributed by atoms with van der Waals surface area (Å²) in [5.41, 5.74) is 2.21. The molecule has 11 nitrogen and oxygen atoms in total. The first-order valence-corrected chi connectivity index (χ1v) is 17.7. The maximum Gasteiger partial charge on any atom is 0.326 e. The second-order valence-corrected chi connectivity index (χ2v) is 12.2. The Hall–Kier alpha value is -2.66. The number of hydrogen-bond donors (Lipinski definition) is 3. The van der Waals surface area contributed by atoms with Gasteiger partial charge in [0, 0.05) is 30.8 Å². The monoisotopic (exact) mass is 652 g/mol. The van der Waals surface area contributed by atoms with Gasteiger partial charge in [0.05, 0.1) is 19.8 Å². The van der Waals surface area contributed by atoms with Crippen LogP contribution in [0.15, 0.2) is 10.2 Å². The van der Waals surface area contributed by atoms with Crippen LogP contribution in [0.2, 0.25) is 0 Å². The van der Waals surface area contributed by atoms with Crippen molar-refractivity contribution < 1.29 is 33.8 Å². The van der Waals surface area contributed by atoms with Crippen LogP contribution < -0.4 is 10.6 Å². The minimum atomic E-state index is -1.14. The Morgan fingerprint density at radius 3 is 1.65 bits per heavy atom. The van der Waals surface area contributed by atoms with Crippen molar-refractivity contribution >= 4 is 35.0 Å². The fourth-order valence-corrected chi connectivity index (χ4v) is 4.67. The first-order chi connectivity index (χ1) is 22.1. The number of carboxylic acid groups (broad SMARTS) is 1. The van der Waals surface area contributed by atoms with Crippen molar-refractivity contribution in [3.63, 3.8) is 0 Å². The predicted molar refractivity (Wildman–Crippen MR) is 185 cm³/mol. The van der Waals surface area contributed by atoms with Gasteiger partial charge in [0.2, 0.25) is 11.8 Å². The first kappa shape index (κ1) is 43.3. The number of carbonyl (C=O) groups excluding carboxylic acids is 3. The molecule has 0 aliphatic rings. The molecule has 0 rings (SSSR count). The number of amides is 2. The number of nitrogens with one attached hydrogen (secondary N) is 2. The number of rotatable bonds is 32. The van der Waals surface area contributed by atoms with Crippen LogP contribution >= 0.6 is 0 Å². The summed E-state index contributed by atoms with van der Waals surface area (Å²) in [6.45, 7) is 8.84. The van der Waals surface area contributed by atoms with Gasteiger partial charge in [-0.15, -0.1) is 0 Å². The van der Waals surface area contributed by atoms with E-state index in [1.165, 1.54) is 77.6 Å². The van der Waals surface area contributed by atoms with Gasteiger partial charge in [0.25, 0.3) is 0 Å². The molecule has 46 heavy (non-hydrogen) atoms. The zero-order chi connectivity index (χ0) is 34.3. The van der Waals surface area contributed by atoms with Crippen LogP contribution in [0.3, 0.4) is 0 Å². The summed E-state index contributed by atoms with van der Waals surface area (Å²) in [5, 5.41) is 23.2. The average molecular weight is 653 g/mol. The summed E-state index contributed by atoms with van der Waals surface area (Å²) in [6, 6.07) is -1.09. The highest BCUT2D eigenvalue weighted by Crippen LogP contribution is 2.14. The van der Waals surface area contributed by atoms with E-state index < -0.39 is 12.0 Å². The van der Waals surface area contributed by atoms with Crippen molar-refractivity contribution in [1.82, 2.24) is 10.6 Å². The highest BCUT2D eigenvalue weighted by atomic mass is 16.5. The van der Waals surface area contributed by atoms with Gasteiger partial charge in [-0.3, -0.25) is 14.4 Å². The van der Waals surface area contributed by atoms with E-state index in [-0.39, 0.29) is 50.2 Å². The van der Waals surface area contributed by atoms with Crippen molar-refractivity contribution in [2.24, 2.45) is 10.2 Å². The Bertz CT molecular complexity index is 892. The van der Waals surface area contributed by atoms with Gasteiger partial charge < -0.3 is 25.2 Å². The van der Waals surface area contributed by atoms with Gasteiger partial charge in [-0.05, 0) is 52.9 Å². The van der Waals surface area contributed by atoms with Gasteiger partial charge in [0.1, 0.15) is 12.6 Å². The normalized spacial score (nSPS) is 12.6. The number of ketones is 1. The molecule has 0 aliphatic carbocycles. The van der Waals surface area contributed by atoms with E-state index >= 15 is 0 Å². The molecule has 0 aliphatic heterocycles. The number of hydrogen-bond acceptors (Lipinski definition) is 8. The van der Waals surface area contributed by atoms with Gasteiger partial charge >= 0.3 is 5.97 Å². The van der Waals surface area contributed by atoms with E-state index in [9.17, 15) is 24.3 Å². The molecule has 266 valence electrons. The lowest BCUT2D eigenvalue weighted by Gasteiger charge is -2.14. The van der Waals surface area contributed by atoms with Crippen LogP contribution in [-0.2, 0) is 28.7 Å². The van der Waals surface area contributed by atoms with E-state index in [0.717, 1.165) is 43.5 Å². The second-order valence-electron chi connectivity index (χ2n) is 12.2. The van der Waals surface area contributed by atoms with E-state index in [1.807, 2.05) is 6.92 Å². The van der Waals surface area contributed by atoms with Gasteiger partial charge in [-0.1, -0.05) is 84.0 Å². The first-order valence-electron chi connectivity index (χ1n) is 17.7. The molecule has 0 heterocycles. The highest BCUT2D eigenvalue weighted by Gasteiger charge is 2.20. The number of ether oxygens (including phenoxy) is 2. The van der Waals surface area contributed by atoms with Crippen molar-refractivity contribution in [2.75, 3.05) is 33.0 Å². The summed E-state index contributed by atoms with van der Waals surface area (Å²) in [4.78, 5) is 46.6. The van der Waals surface area contributed by atoms with E-state index in [2.05, 4.69) is 34.7 Å². The summed E-state index contributed by atoms with van der Waals surface area (Å²) >= 11 is 0. The lowest BCUT2D eigenvalue weighted by atomic mass is 10.0. The van der Waals surface area contributed by atoms with E-state index in [0.29, 0.717) is 19.6 Å². The van der Waals surface area contributed by atoms with Crippen LogP contribution in [-0.4, -0.2) is 79.1 Å². The zero-order valence-electron chi connectivity index (χ0n) is 29.3. The van der Waals surface area contributed by atoms with Gasteiger partial charge in [0.15, 0.2) is 5.78 Å². The van der Waals surface area contributed by atoms with Crippen molar-refractivity contribution in [2.45, 2.75) is 156 Å². The minimum absolute atomic E-state index is 0.00944. The SMILES string of the molecule is CC/C(C)=N/N=C(\C)CCCCCCCCCCCCCCCCC(=O)N[C@@H](CCC(=O)NCCOCCOCC(C)=O)C(=O)O. The maximum absolute atomic E-state index is 12.2. The van der Waals surface area contributed by atoms with Gasteiger partial charge in [-0.2, -0.15) is 10.2 Å². The predicted octanol–water partition coefficient (Wildman–Crippen LogP) is 6.56. The Balaban J connectivity index is 3.66. The Morgan fingerprint density at radius 2 is 1.13 bits per heavy atom. The fraction of sp³-hybridized carbons (Fsp3) is 0.829. The topological polar surface area (TPSA) is 156 Å². The average Bonchev–Trinajstić information content (AvgIpc) is 3.02. The lowest BCUT2D eigenvalue weighted by Crippen LogP contribution is -2.41. The number of carbonyl (C=O) groups is 4. The van der Waals surface area contributed by atoms with E-state index in [1.54, 1.807) is 0 Å². The Labute approximate surface area is 278 Å². The summed E-state index contributed by atoms with van der Waals surface area (Å²) in [5.74, 6) is -1.79. The van der Waals surface area contributed by atoms with Crippen LogP contribution in [0.25, 0.3) is 0 Å². The summed E-state index contributed by atoms with van der Waals surface area (Å²) in [6.07, 6.45) is 19.1. The second kappa shape index (κ2) is 31.0. The maximum atomic E-state index is 12.2. The molecule has 0 fully saturated rings. The minimum Gasteiger partial charge on any atom is -0.480 e. The van der Waals surface area contributed by atoms with Gasteiger partial charge in [-0.25, -0.2) is 4.79 Å². The van der Waals surface area contributed by atoms with Crippen molar-refractivity contribution in [3.8, 4) is 0 Å². The quantitative estimate of drug-likeness (QED) is 0.0422. The molecule has 0 bridgehead atoms. The van der Waals surface area contributed by atoms with Crippen LogP contribution in [0.1, 0.15) is 150 Å². The zero-order valence-corrected chi connectivity index (χ0v) is 29.3. The summed E-state index contributed by atoms with van der Waals surface area (Å²) in [7, 11) is 0. The largest absolute Gasteiger partial charge is 0.480 e. The molecule has 0 aromatic heterocycles. The standard InChI is InChI=1S/C35H64N4O7/c1-5-29(2)38-39-30(3)20-18-16-14-12-10-8-6-7-9-11-13-15-17-19-21-34(42)37-32(35(43)44)22-23-33(41)36-24-25-45-26-27-46-28-31(4)40/h32H,5-28H2,1-4H3,(H,36,41)(H,37,42)(H,43,44)/b38-29+,39-30+/t32-/m0/s1. The van der Waals surface area contributed by atoms with Crippen LogP contribution in [0, 0.1) is 0 Å². The molecule has 0 saturated heterocycles. The lowest BCUT2D eigenvalue weighted by molar-refractivity contribution is -0.142. The molecule has 0 unspecified atom stereocenters. The molecule has 1 atom stereocenters. The Morgan fingerprint density at radius 1 is 0.630 bits per heavy atom. The molecule has 0 spiro atoms. The number of nitrogens with zero attached hydrogens (tertiary/aromatic N) is 2. The van der Waals surface area contributed by atoms with E-state index in [4.69, 9.17) is 9.47 Å². The molecule has 3 N–H and O–H groups in total. The summed E-state index contributed by atoms with van der Waals surface area (Å²) < 4.78 is 10.4. The Kier molecular flexibility index (Phi) is 29.2. The molecule has 2 amide bonds. The van der Waals surface area contributed by atoms with Crippen LogP contribution in [0.5, 0.6) is 0 Å². The third kappa shape index (κ3) is 30.0. The molecular formula is C35H64N4O7. The molecular weight excluding hydrogens is 588 g/mol. The third-order valence-electron chi connectivity index (χ3n) is 7.63. The molecule has 0 aromatic carbocycles.